The highest BCUT2D eigenvalue weighted by Crippen LogP contribution is 2.30. The Bertz CT molecular complexity index is 451. The fourth-order valence-electron chi connectivity index (χ4n) is 2.29. The lowest BCUT2D eigenvalue weighted by Crippen LogP contribution is -2.39. The molecule has 19 heavy (non-hydrogen) atoms. The zero-order valence-electron chi connectivity index (χ0n) is 11.3. The van der Waals surface area contributed by atoms with Crippen molar-refractivity contribution in [3.63, 3.8) is 0 Å². The van der Waals surface area contributed by atoms with Gasteiger partial charge in [0.2, 0.25) is 17.8 Å². The maximum Gasteiger partial charge on any atom is 0.230 e. The Labute approximate surface area is 112 Å². The van der Waals surface area contributed by atoms with Crippen LogP contribution in [0.2, 0.25) is 0 Å². The van der Waals surface area contributed by atoms with Crippen molar-refractivity contribution in [2.24, 2.45) is 0 Å². The number of nitrogens with zero attached hydrogens (tertiary/aromatic N) is 4. The highest BCUT2D eigenvalue weighted by molar-refractivity contribution is 5.44. The molecule has 102 valence electrons. The highest BCUT2D eigenvalue weighted by atomic mass is 15.3. The number of anilines is 3. The van der Waals surface area contributed by atoms with Crippen LogP contribution in [0.15, 0.2) is 0 Å². The van der Waals surface area contributed by atoms with E-state index < -0.39 is 5.54 Å². The van der Waals surface area contributed by atoms with Crippen LogP contribution in [0, 0.1) is 11.3 Å². The van der Waals surface area contributed by atoms with Gasteiger partial charge < -0.3 is 16.0 Å². The van der Waals surface area contributed by atoms with Crippen molar-refractivity contribution in [3.8, 4) is 6.07 Å². The molecule has 0 atom stereocenters. The molecule has 1 aromatic rings. The first-order valence-corrected chi connectivity index (χ1v) is 6.52. The first-order valence-electron chi connectivity index (χ1n) is 6.52. The second-order valence-corrected chi connectivity index (χ2v) is 4.69. The van der Waals surface area contributed by atoms with E-state index in [4.69, 9.17) is 0 Å². The maximum atomic E-state index is 9.44. The normalized spacial score (nSPS) is 17.3. The van der Waals surface area contributed by atoms with Gasteiger partial charge in [0.25, 0.3) is 0 Å². The van der Waals surface area contributed by atoms with Crippen LogP contribution in [0.4, 0.5) is 17.8 Å². The summed E-state index contributed by atoms with van der Waals surface area (Å²) in [5.74, 6) is 1.39. The van der Waals surface area contributed by atoms with Crippen molar-refractivity contribution in [3.05, 3.63) is 0 Å². The molecule has 0 saturated heterocycles. The lowest BCUT2D eigenvalue weighted by Gasteiger charge is -2.31. The number of nitriles is 1. The zero-order chi connectivity index (χ0) is 13.7. The Hall–Kier alpha value is -2.10. The van der Waals surface area contributed by atoms with Crippen LogP contribution in [0.25, 0.3) is 0 Å². The van der Waals surface area contributed by atoms with E-state index in [9.17, 15) is 5.26 Å². The van der Waals surface area contributed by atoms with Gasteiger partial charge in [-0.15, -0.1) is 0 Å². The first kappa shape index (κ1) is 13.3. The number of hydrogen-bond acceptors (Lipinski definition) is 7. The van der Waals surface area contributed by atoms with Crippen LogP contribution in [0.3, 0.4) is 0 Å². The summed E-state index contributed by atoms with van der Waals surface area (Å²) >= 11 is 0. The molecule has 1 fully saturated rings. The maximum absolute atomic E-state index is 9.44. The molecule has 0 spiro atoms. The minimum absolute atomic E-state index is 0.437. The predicted octanol–water partition coefficient (Wildman–Crippen LogP) is 1.59. The second kappa shape index (κ2) is 5.69. The largest absolute Gasteiger partial charge is 0.357 e. The Kier molecular flexibility index (Phi) is 4.00. The van der Waals surface area contributed by atoms with E-state index in [0.717, 1.165) is 25.7 Å². The van der Waals surface area contributed by atoms with E-state index in [-0.39, 0.29) is 0 Å². The number of aromatic nitrogens is 3. The summed E-state index contributed by atoms with van der Waals surface area (Å²) in [5, 5.41) is 18.4. The molecule has 1 aliphatic rings. The Morgan fingerprint density at radius 2 is 1.47 bits per heavy atom. The van der Waals surface area contributed by atoms with Gasteiger partial charge in [-0.1, -0.05) is 19.3 Å². The van der Waals surface area contributed by atoms with Gasteiger partial charge in [-0.25, -0.2) is 0 Å². The average Bonchev–Trinajstić information content (AvgIpc) is 2.47. The van der Waals surface area contributed by atoms with Crippen LogP contribution in [-0.2, 0) is 0 Å². The Morgan fingerprint density at radius 1 is 0.947 bits per heavy atom. The van der Waals surface area contributed by atoms with Crippen LogP contribution >= 0.6 is 0 Å². The van der Waals surface area contributed by atoms with Crippen LogP contribution in [0.1, 0.15) is 32.1 Å². The summed E-state index contributed by atoms with van der Waals surface area (Å²) in [5.41, 5.74) is -0.546. The van der Waals surface area contributed by atoms with E-state index in [1.807, 2.05) is 0 Å². The summed E-state index contributed by atoms with van der Waals surface area (Å²) in [7, 11) is 3.50. The molecule has 1 aromatic heterocycles. The third-order valence-electron chi connectivity index (χ3n) is 3.35. The highest BCUT2D eigenvalue weighted by Gasteiger charge is 2.32. The molecule has 0 radical (unpaired) electrons. The summed E-state index contributed by atoms with van der Waals surface area (Å²) in [4.78, 5) is 12.6. The lowest BCUT2D eigenvalue weighted by molar-refractivity contribution is 0.391. The van der Waals surface area contributed by atoms with Crippen LogP contribution in [-0.4, -0.2) is 34.6 Å². The molecule has 3 N–H and O–H groups in total. The van der Waals surface area contributed by atoms with Gasteiger partial charge >= 0.3 is 0 Å². The molecule has 0 aromatic carbocycles. The number of rotatable bonds is 4. The van der Waals surface area contributed by atoms with E-state index >= 15 is 0 Å². The minimum atomic E-state index is -0.546. The summed E-state index contributed by atoms with van der Waals surface area (Å²) < 4.78 is 0. The van der Waals surface area contributed by atoms with Crippen molar-refractivity contribution in [1.82, 2.24) is 15.0 Å². The van der Waals surface area contributed by atoms with Gasteiger partial charge in [0.15, 0.2) is 0 Å². The molecule has 0 amide bonds. The van der Waals surface area contributed by atoms with E-state index in [2.05, 4.69) is 37.0 Å². The van der Waals surface area contributed by atoms with Gasteiger partial charge in [0, 0.05) is 14.1 Å². The topological polar surface area (TPSA) is 98.5 Å². The fraction of sp³-hybridized carbons (Fsp3) is 0.667. The summed E-state index contributed by atoms with van der Waals surface area (Å²) in [6, 6.07) is 2.39. The summed E-state index contributed by atoms with van der Waals surface area (Å²) in [6.07, 6.45) is 4.97. The third kappa shape index (κ3) is 3.02. The average molecular weight is 261 g/mol. The van der Waals surface area contributed by atoms with E-state index in [1.54, 1.807) is 14.1 Å². The monoisotopic (exact) mass is 261 g/mol. The van der Waals surface area contributed by atoms with Gasteiger partial charge in [0.05, 0.1) is 6.07 Å². The second-order valence-electron chi connectivity index (χ2n) is 4.69. The third-order valence-corrected chi connectivity index (χ3v) is 3.35. The molecule has 0 unspecified atom stereocenters. The van der Waals surface area contributed by atoms with Gasteiger partial charge in [-0.2, -0.15) is 20.2 Å². The van der Waals surface area contributed by atoms with Gasteiger partial charge in [-0.3, -0.25) is 0 Å². The molecular weight excluding hydrogens is 242 g/mol. The molecule has 1 saturated carbocycles. The zero-order valence-corrected chi connectivity index (χ0v) is 11.3. The molecule has 1 heterocycles. The standard InChI is InChI=1S/C12H19N7/c1-14-9-16-10(15-2)18-11(17-9)19-12(8-13)6-4-3-5-7-12/h3-7H2,1-2H3,(H3,14,15,16,17,18,19). The Balaban J connectivity index is 2.24. The van der Waals surface area contributed by atoms with Gasteiger partial charge in [0.1, 0.15) is 5.54 Å². The number of nitrogens with one attached hydrogen (secondary N) is 3. The smallest absolute Gasteiger partial charge is 0.230 e. The van der Waals surface area contributed by atoms with Crippen LogP contribution < -0.4 is 16.0 Å². The SMILES string of the molecule is CNc1nc(NC)nc(NC2(C#N)CCCCC2)n1. The molecular formula is C12H19N7. The van der Waals surface area contributed by atoms with Crippen molar-refractivity contribution in [1.29, 1.82) is 5.26 Å². The Morgan fingerprint density at radius 3 is 1.95 bits per heavy atom. The lowest BCUT2D eigenvalue weighted by atomic mass is 9.83. The summed E-state index contributed by atoms with van der Waals surface area (Å²) in [6.45, 7) is 0. The molecule has 0 aliphatic heterocycles. The quantitative estimate of drug-likeness (QED) is 0.757. The van der Waals surface area contributed by atoms with Crippen molar-refractivity contribution in [2.75, 3.05) is 30.0 Å². The van der Waals surface area contributed by atoms with Crippen molar-refractivity contribution >= 4 is 17.8 Å². The first-order chi connectivity index (χ1) is 9.21. The molecule has 0 bridgehead atoms. The van der Waals surface area contributed by atoms with Gasteiger partial charge in [-0.05, 0) is 12.8 Å². The van der Waals surface area contributed by atoms with Crippen LogP contribution in [0.5, 0.6) is 0 Å². The van der Waals surface area contributed by atoms with E-state index in [0.29, 0.717) is 17.8 Å². The van der Waals surface area contributed by atoms with Crippen molar-refractivity contribution < 1.29 is 0 Å². The molecule has 2 rings (SSSR count). The molecule has 7 heteroatoms. The van der Waals surface area contributed by atoms with E-state index in [1.165, 1.54) is 6.42 Å². The molecule has 7 nitrogen and oxygen atoms in total. The predicted molar refractivity (Wildman–Crippen MR) is 74.0 cm³/mol. The number of hydrogen-bond donors (Lipinski definition) is 3. The fourth-order valence-corrected chi connectivity index (χ4v) is 2.29. The minimum Gasteiger partial charge on any atom is -0.357 e. The van der Waals surface area contributed by atoms with Crippen molar-refractivity contribution in [2.45, 2.75) is 37.6 Å². The molecule has 1 aliphatic carbocycles.